The van der Waals surface area contributed by atoms with Crippen LogP contribution >= 0.6 is 0 Å². The quantitative estimate of drug-likeness (QED) is 0.757. The number of hydrogen-bond donors (Lipinski definition) is 2. The largest absolute Gasteiger partial charge is 0.366 e. The van der Waals surface area contributed by atoms with Crippen LogP contribution in [0.3, 0.4) is 0 Å². The summed E-state index contributed by atoms with van der Waals surface area (Å²) >= 11 is 0. The molecule has 1 heterocycles. The van der Waals surface area contributed by atoms with E-state index in [4.69, 9.17) is 0 Å². The van der Waals surface area contributed by atoms with Crippen LogP contribution in [0.2, 0.25) is 0 Å². The summed E-state index contributed by atoms with van der Waals surface area (Å²) in [7, 11) is 0. The molecule has 1 aromatic rings. The Morgan fingerprint density at radius 2 is 1.94 bits per heavy atom. The van der Waals surface area contributed by atoms with E-state index < -0.39 is 18.5 Å². The van der Waals surface area contributed by atoms with Gasteiger partial charge in [-0.05, 0) is 12.0 Å². The Morgan fingerprint density at radius 3 is 2.44 bits per heavy atom. The summed E-state index contributed by atoms with van der Waals surface area (Å²) in [5, 5.41) is 18.8. The van der Waals surface area contributed by atoms with Gasteiger partial charge in [0, 0.05) is 13.1 Å². The van der Waals surface area contributed by atoms with Crippen LogP contribution in [0.5, 0.6) is 0 Å². The molecule has 0 spiro atoms. The minimum Gasteiger partial charge on any atom is -0.366 e. The van der Waals surface area contributed by atoms with E-state index in [1.165, 1.54) is 0 Å². The van der Waals surface area contributed by atoms with Crippen LogP contribution in [-0.2, 0) is 0 Å². The van der Waals surface area contributed by atoms with E-state index >= 15 is 0 Å². The van der Waals surface area contributed by atoms with Crippen molar-refractivity contribution in [1.29, 1.82) is 0 Å². The third-order valence-electron chi connectivity index (χ3n) is 2.98. The van der Waals surface area contributed by atoms with Gasteiger partial charge in [0.2, 0.25) is 0 Å². The van der Waals surface area contributed by atoms with Crippen molar-refractivity contribution < 1.29 is 14.6 Å². The highest BCUT2D eigenvalue weighted by Gasteiger charge is 2.32. The van der Waals surface area contributed by atoms with Crippen LogP contribution in [0.1, 0.15) is 18.0 Å². The first-order chi connectivity index (χ1) is 7.68. The predicted molar refractivity (Wildman–Crippen MR) is 58.5 cm³/mol. The highest BCUT2D eigenvalue weighted by Crippen LogP contribution is 2.28. The van der Waals surface area contributed by atoms with E-state index in [1.54, 1.807) is 4.90 Å². The molecule has 0 saturated carbocycles. The summed E-state index contributed by atoms with van der Waals surface area (Å²) in [6, 6.07) is 8.68. The molecule has 0 aromatic heterocycles. The lowest BCUT2D eigenvalue weighted by molar-refractivity contribution is -0.0988. The number of benzene rings is 1. The third kappa shape index (κ3) is 2.40. The number of likely N-dealkylation sites (tertiary alicyclic amines) is 1. The van der Waals surface area contributed by atoms with Gasteiger partial charge in [-0.3, -0.25) is 4.90 Å². The minimum atomic E-state index is -1.48. The topological polar surface area (TPSA) is 43.7 Å². The zero-order valence-electron chi connectivity index (χ0n) is 8.96. The van der Waals surface area contributed by atoms with Gasteiger partial charge in [-0.25, -0.2) is 4.39 Å². The second-order valence-corrected chi connectivity index (χ2v) is 4.15. The molecule has 16 heavy (non-hydrogen) atoms. The zero-order valence-corrected chi connectivity index (χ0v) is 8.96. The lowest BCUT2D eigenvalue weighted by Gasteiger charge is -2.29. The van der Waals surface area contributed by atoms with Crippen LogP contribution in [0.15, 0.2) is 30.3 Å². The highest BCUT2D eigenvalue weighted by atomic mass is 19.1. The number of aliphatic hydroxyl groups excluding tert-OH is 1. The molecule has 1 aromatic carbocycles. The zero-order chi connectivity index (χ0) is 11.5. The molecule has 0 aliphatic carbocycles. The van der Waals surface area contributed by atoms with E-state index in [0.717, 1.165) is 5.56 Å². The number of alkyl halides is 1. The Kier molecular flexibility index (Phi) is 3.53. The Labute approximate surface area is 94.1 Å². The fraction of sp³-hybridized carbons (Fsp3) is 0.500. The number of rotatable bonds is 3. The molecule has 1 aliphatic rings. The third-order valence-corrected chi connectivity index (χ3v) is 2.98. The van der Waals surface area contributed by atoms with Crippen molar-refractivity contribution in [2.24, 2.45) is 0 Å². The molecule has 0 bridgehead atoms. The van der Waals surface area contributed by atoms with Crippen LogP contribution in [0, 0.1) is 0 Å². The van der Waals surface area contributed by atoms with Gasteiger partial charge in [0.05, 0.1) is 6.04 Å². The highest BCUT2D eigenvalue weighted by molar-refractivity contribution is 5.20. The molecule has 0 amide bonds. The fourth-order valence-corrected chi connectivity index (χ4v) is 2.22. The van der Waals surface area contributed by atoms with Crippen molar-refractivity contribution in [2.45, 2.75) is 24.9 Å². The smallest absolute Gasteiger partial charge is 0.171 e. The fourth-order valence-electron chi connectivity index (χ4n) is 2.22. The lowest BCUT2D eigenvalue weighted by atomic mass is 10.1. The first-order valence-electron chi connectivity index (χ1n) is 5.47. The summed E-state index contributed by atoms with van der Waals surface area (Å²) in [5.41, 5.74) is 0.812. The lowest BCUT2D eigenvalue weighted by Crippen LogP contribution is -2.35. The molecule has 2 N–H and O–H groups in total. The van der Waals surface area contributed by atoms with Gasteiger partial charge in [0.1, 0.15) is 6.17 Å². The first kappa shape index (κ1) is 11.5. The molecule has 2 rings (SSSR count). The van der Waals surface area contributed by atoms with Gasteiger partial charge < -0.3 is 10.2 Å². The molecule has 3 nitrogen and oxygen atoms in total. The summed E-state index contributed by atoms with van der Waals surface area (Å²) in [5.74, 6) is 0. The van der Waals surface area contributed by atoms with Gasteiger partial charge in [-0.15, -0.1) is 0 Å². The number of halogens is 1. The molecule has 1 saturated heterocycles. The summed E-state index contributed by atoms with van der Waals surface area (Å²) < 4.78 is 13.1. The molecule has 1 fully saturated rings. The van der Waals surface area contributed by atoms with Gasteiger partial charge >= 0.3 is 0 Å². The number of aliphatic hydroxyl groups is 2. The number of hydrogen-bond acceptors (Lipinski definition) is 3. The Balaban J connectivity index is 2.18. The molecule has 4 heteroatoms. The van der Waals surface area contributed by atoms with Gasteiger partial charge in [0.15, 0.2) is 6.29 Å². The summed E-state index contributed by atoms with van der Waals surface area (Å²) in [4.78, 5) is 1.78. The van der Waals surface area contributed by atoms with Gasteiger partial charge in [-0.2, -0.15) is 0 Å². The summed E-state index contributed by atoms with van der Waals surface area (Å²) in [6.45, 7) is 0.843. The van der Waals surface area contributed by atoms with Gasteiger partial charge in [0.25, 0.3) is 0 Å². The molecular formula is C12H16FNO2. The molecule has 1 aliphatic heterocycles. The van der Waals surface area contributed by atoms with E-state index in [9.17, 15) is 14.6 Å². The average molecular weight is 225 g/mol. The summed E-state index contributed by atoms with van der Waals surface area (Å²) in [6.07, 6.45) is -1.87. The van der Waals surface area contributed by atoms with Crippen molar-refractivity contribution in [3.05, 3.63) is 35.9 Å². The molecule has 0 radical (unpaired) electrons. The van der Waals surface area contributed by atoms with Crippen molar-refractivity contribution in [3.8, 4) is 0 Å². The van der Waals surface area contributed by atoms with E-state index in [2.05, 4.69) is 0 Å². The van der Waals surface area contributed by atoms with Crippen LogP contribution in [0.25, 0.3) is 0 Å². The van der Waals surface area contributed by atoms with Crippen molar-refractivity contribution >= 4 is 0 Å². The van der Waals surface area contributed by atoms with Crippen molar-refractivity contribution in [2.75, 3.05) is 13.1 Å². The first-order valence-corrected chi connectivity index (χ1v) is 5.47. The minimum absolute atomic E-state index is 0.275. The normalized spacial score (nSPS) is 23.9. The Bertz CT molecular complexity index is 331. The predicted octanol–water partition coefficient (Wildman–Crippen LogP) is 1.08. The number of nitrogens with zero attached hydrogens (tertiary/aromatic N) is 1. The second kappa shape index (κ2) is 4.91. The second-order valence-electron chi connectivity index (χ2n) is 4.15. The Hall–Kier alpha value is -0.970. The Morgan fingerprint density at radius 1 is 1.25 bits per heavy atom. The van der Waals surface area contributed by atoms with Crippen LogP contribution in [0.4, 0.5) is 4.39 Å². The SMILES string of the molecule is OC(O)C(c1ccccc1)N1CCC(F)C1. The van der Waals surface area contributed by atoms with E-state index in [-0.39, 0.29) is 6.54 Å². The van der Waals surface area contributed by atoms with Crippen LogP contribution < -0.4 is 0 Å². The van der Waals surface area contributed by atoms with Gasteiger partial charge in [-0.1, -0.05) is 30.3 Å². The van der Waals surface area contributed by atoms with Crippen molar-refractivity contribution in [1.82, 2.24) is 4.90 Å². The van der Waals surface area contributed by atoms with Crippen LogP contribution in [-0.4, -0.2) is 40.7 Å². The maximum Gasteiger partial charge on any atom is 0.171 e. The average Bonchev–Trinajstić information content (AvgIpc) is 2.66. The molecule has 2 unspecified atom stereocenters. The van der Waals surface area contributed by atoms with Crippen molar-refractivity contribution in [3.63, 3.8) is 0 Å². The molecule has 2 atom stereocenters. The molecular weight excluding hydrogens is 209 g/mol. The van der Waals surface area contributed by atoms with E-state index in [1.807, 2.05) is 30.3 Å². The monoisotopic (exact) mass is 225 g/mol. The maximum absolute atomic E-state index is 13.1. The maximum atomic E-state index is 13.1. The standard InChI is InChI=1S/C12H16FNO2/c13-10-6-7-14(8-10)11(12(15)16)9-4-2-1-3-5-9/h1-5,10-12,15-16H,6-8H2. The van der Waals surface area contributed by atoms with E-state index in [0.29, 0.717) is 13.0 Å². The molecule has 88 valence electrons.